The summed E-state index contributed by atoms with van der Waals surface area (Å²) in [5.41, 5.74) is 2.82. The predicted octanol–water partition coefficient (Wildman–Crippen LogP) is 3.61. The van der Waals surface area contributed by atoms with E-state index in [4.69, 9.17) is 9.73 Å². The third-order valence-electron chi connectivity index (χ3n) is 4.64. The van der Waals surface area contributed by atoms with E-state index in [2.05, 4.69) is 19.2 Å². The lowest BCUT2D eigenvalue weighted by Crippen LogP contribution is -2.47. The Kier molecular flexibility index (Phi) is 5.69. The number of hydrogen-bond acceptors (Lipinski definition) is 4. The molecular formula is C22H24N2O3. The molecule has 0 bridgehead atoms. The normalized spacial score (nSPS) is 19.4. The van der Waals surface area contributed by atoms with Gasteiger partial charge in [-0.1, -0.05) is 68.4 Å². The fourth-order valence-electron chi connectivity index (χ4n) is 3.14. The molecule has 0 saturated heterocycles. The number of carbonyl (C=O) groups excluding carboxylic acids is 2. The van der Waals surface area contributed by atoms with Crippen LogP contribution in [0.1, 0.15) is 49.4 Å². The molecule has 0 spiro atoms. The molecule has 1 amide bonds. The number of aliphatic imine (C=N–C) groups is 1. The fourth-order valence-corrected chi connectivity index (χ4v) is 3.14. The van der Waals surface area contributed by atoms with Gasteiger partial charge in [-0.2, -0.15) is 0 Å². The van der Waals surface area contributed by atoms with Crippen molar-refractivity contribution in [3.8, 4) is 0 Å². The van der Waals surface area contributed by atoms with Crippen molar-refractivity contribution in [3.05, 3.63) is 71.3 Å². The van der Waals surface area contributed by atoms with E-state index < -0.39 is 17.9 Å². The first-order valence-corrected chi connectivity index (χ1v) is 9.21. The van der Waals surface area contributed by atoms with Gasteiger partial charge in [0.2, 0.25) is 5.91 Å². The fraction of sp³-hybridized carbons (Fsp3) is 0.318. The van der Waals surface area contributed by atoms with Gasteiger partial charge in [-0.25, -0.2) is 0 Å². The van der Waals surface area contributed by atoms with Crippen LogP contribution in [0.2, 0.25) is 0 Å². The van der Waals surface area contributed by atoms with E-state index in [1.54, 1.807) is 6.92 Å². The average Bonchev–Trinajstić information content (AvgIpc) is 2.68. The quantitative estimate of drug-likeness (QED) is 0.651. The molecule has 140 valence electrons. The minimum absolute atomic E-state index is 0.219. The number of ether oxygens (including phenoxy) is 1. The van der Waals surface area contributed by atoms with Crippen molar-refractivity contribution in [2.24, 2.45) is 10.9 Å². The van der Waals surface area contributed by atoms with Crippen LogP contribution in [0, 0.1) is 5.92 Å². The molecular weight excluding hydrogens is 340 g/mol. The van der Waals surface area contributed by atoms with Crippen molar-refractivity contribution in [2.45, 2.75) is 32.7 Å². The lowest BCUT2D eigenvalue weighted by molar-refractivity contribution is -0.153. The highest BCUT2D eigenvalue weighted by molar-refractivity contribution is 6.14. The number of amidine groups is 1. The van der Waals surface area contributed by atoms with Crippen LogP contribution in [0.15, 0.2) is 59.6 Å². The number of hydrogen-bond donors (Lipinski definition) is 1. The smallest absolute Gasteiger partial charge is 0.321 e. The van der Waals surface area contributed by atoms with E-state index in [-0.39, 0.29) is 12.5 Å². The molecule has 1 N–H and O–H groups in total. The maximum atomic E-state index is 12.8. The van der Waals surface area contributed by atoms with Gasteiger partial charge >= 0.3 is 5.97 Å². The van der Waals surface area contributed by atoms with Crippen LogP contribution in [0.4, 0.5) is 0 Å². The highest BCUT2D eigenvalue weighted by Gasteiger charge is 2.41. The Hall–Kier alpha value is -2.95. The van der Waals surface area contributed by atoms with Gasteiger partial charge in [-0.3, -0.25) is 14.6 Å². The number of amides is 1. The molecule has 2 atom stereocenters. The number of carbonyl (C=O) groups is 2. The summed E-state index contributed by atoms with van der Waals surface area (Å²) < 4.78 is 5.14. The average molecular weight is 364 g/mol. The molecule has 1 heterocycles. The van der Waals surface area contributed by atoms with Crippen LogP contribution in [-0.4, -0.2) is 24.3 Å². The molecule has 2 aromatic carbocycles. The molecule has 0 aliphatic carbocycles. The van der Waals surface area contributed by atoms with Gasteiger partial charge in [0.15, 0.2) is 5.92 Å². The summed E-state index contributed by atoms with van der Waals surface area (Å²) in [7, 11) is 0. The Morgan fingerprint density at radius 2 is 1.78 bits per heavy atom. The van der Waals surface area contributed by atoms with E-state index in [1.165, 1.54) is 5.56 Å². The SMILES string of the molecule is CCOC(=O)[C@H]1C(=O)NC(c2ccccc2)=N[C@@H]1c1ccc(C(C)C)cc1. The molecule has 1 aliphatic rings. The zero-order valence-corrected chi connectivity index (χ0v) is 15.8. The summed E-state index contributed by atoms with van der Waals surface area (Å²) >= 11 is 0. The second kappa shape index (κ2) is 8.16. The number of benzene rings is 2. The molecule has 3 rings (SSSR count). The Labute approximate surface area is 159 Å². The minimum Gasteiger partial charge on any atom is -0.465 e. The monoisotopic (exact) mass is 364 g/mol. The Morgan fingerprint density at radius 1 is 1.11 bits per heavy atom. The van der Waals surface area contributed by atoms with Crippen LogP contribution in [0.5, 0.6) is 0 Å². The molecule has 0 aromatic heterocycles. The van der Waals surface area contributed by atoms with E-state index >= 15 is 0 Å². The summed E-state index contributed by atoms with van der Waals surface area (Å²) in [6.07, 6.45) is 0. The van der Waals surface area contributed by atoms with Crippen LogP contribution >= 0.6 is 0 Å². The molecule has 0 saturated carbocycles. The maximum absolute atomic E-state index is 12.8. The third kappa shape index (κ3) is 4.08. The van der Waals surface area contributed by atoms with Crippen LogP contribution in [-0.2, 0) is 14.3 Å². The molecule has 5 nitrogen and oxygen atoms in total. The molecule has 27 heavy (non-hydrogen) atoms. The second-order valence-electron chi connectivity index (χ2n) is 6.83. The van der Waals surface area contributed by atoms with E-state index in [0.717, 1.165) is 11.1 Å². The van der Waals surface area contributed by atoms with Crippen molar-refractivity contribution in [3.63, 3.8) is 0 Å². The first-order valence-electron chi connectivity index (χ1n) is 9.21. The summed E-state index contributed by atoms with van der Waals surface area (Å²) in [6.45, 7) is 6.19. The van der Waals surface area contributed by atoms with Crippen LogP contribution < -0.4 is 5.32 Å². The molecule has 0 fully saturated rings. The zero-order valence-electron chi connectivity index (χ0n) is 15.8. The Bertz CT molecular complexity index is 842. The van der Waals surface area contributed by atoms with Gasteiger partial charge in [0.05, 0.1) is 12.6 Å². The second-order valence-corrected chi connectivity index (χ2v) is 6.83. The van der Waals surface area contributed by atoms with Gasteiger partial charge in [-0.05, 0) is 24.0 Å². The van der Waals surface area contributed by atoms with Gasteiger partial charge in [0.1, 0.15) is 5.84 Å². The molecule has 2 aromatic rings. The van der Waals surface area contributed by atoms with Crippen LogP contribution in [0.3, 0.4) is 0 Å². The van der Waals surface area contributed by atoms with Crippen molar-refractivity contribution >= 4 is 17.7 Å². The van der Waals surface area contributed by atoms with Gasteiger partial charge in [0, 0.05) is 5.56 Å². The topological polar surface area (TPSA) is 67.8 Å². The maximum Gasteiger partial charge on any atom is 0.321 e. The highest BCUT2D eigenvalue weighted by atomic mass is 16.5. The Balaban J connectivity index is 2.03. The highest BCUT2D eigenvalue weighted by Crippen LogP contribution is 2.32. The van der Waals surface area contributed by atoms with Crippen molar-refractivity contribution in [2.75, 3.05) is 6.61 Å². The zero-order chi connectivity index (χ0) is 19.4. The first-order chi connectivity index (χ1) is 13.0. The van der Waals surface area contributed by atoms with E-state index in [0.29, 0.717) is 11.8 Å². The predicted molar refractivity (Wildman–Crippen MR) is 105 cm³/mol. The van der Waals surface area contributed by atoms with Crippen molar-refractivity contribution < 1.29 is 14.3 Å². The van der Waals surface area contributed by atoms with Crippen LogP contribution in [0.25, 0.3) is 0 Å². The van der Waals surface area contributed by atoms with Gasteiger partial charge < -0.3 is 10.1 Å². The summed E-state index contributed by atoms with van der Waals surface area (Å²) in [5, 5.41) is 2.76. The molecule has 0 unspecified atom stereocenters. The number of rotatable bonds is 5. The largest absolute Gasteiger partial charge is 0.465 e. The standard InChI is InChI=1S/C22H24N2O3/c1-4-27-22(26)18-19(16-12-10-15(11-13-16)14(2)3)23-20(24-21(18)25)17-8-6-5-7-9-17/h5-14,18-19H,4H2,1-3H3,(H,23,24,25)/t18-,19-/m1/s1. The Morgan fingerprint density at radius 3 is 2.37 bits per heavy atom. The number of nitrogens with one attached hydrogen (secondary N) is 1. The third-order valence-corrected chi connectivity index (χ3v) is 4.64. The lowest BCUT2D eigenvalue weighted by Gasteiger charge is -2.28. The van der Waals surface area contributed by atoms with E-state index in [9.17, 15) is 9.59 Å². The summed E-state index contributed by atoms with van der Waals surface area (Å²) in [5.74, 6) is -1.07. The molecule has 1 aliphatic heterocycles. The lowest BCUT2D eigenvalue weighted by atomic mass is 9.89. The van der Waals surface area contributed by atoms with E-state index in [1.807, 2.05) is 54.6 Å². The van der Waals surface area contributed by atoms with Gasteiger partial charge in [-0.15, -0.1) is 0 Å². The minimum atomic E-state index is -0.998. The van der Waals surface area contributed by atoms with Gasteiger partial charge in [0.25, 0.3) is 0 Å². The van der Waals surface area contributed by atoms with Crippen molar-refractivity contribution in [1.29, 1.82) is 0 Å². The summed E-state index contributed by atoms with van der Waals surface area (Å²) in [6, 6.07) is 16.7. The molecule has 5 heteroatoms. The molecule has 0 radical (unpaired) electrons. The number of esters is 1. The number of nitrogens with zero attached hydrogens (tertiary/aromatic N) is 1. The summed E-state index contributed by atoms with van der Waals surface area (Å²) in [4.78, 5) is 29.9. The first kappa shape index (κ1) is 18.8. The van der Waals surface area contributed by atoms with Crippen molar-refractivity contribution in [1.82, 2.24) is 5.32 Å².